The number of rotatable bonds is 6. The normalized spacial score (nSPS) is 14.0. The number of nitrogens with two attached hydrogens (primary N) is 1. The van der Waals surface area contributed by atoms with Crippen molar-refractivity contribution in [3.8, 4) is 0 Å². The monoisotopic (exact) mass is 423 g/mol. The molecule has 0 atom stereocenters. The maximum atomic E-state index is 12.7. The number of carbonyl (C=O) groups excluding carboxylic acids is 2. The maximum Gasteiger partial charge on any atom is 0.263 e. The van der Waals surface area contributed by atoms with Gasteiger partial charge < -0.3 is 16.0 Å². The van der Waals surface area contributed by atoms with E-state index in [4.69, 9.17) is 5.73 Å². The fourth-order valence-corrected chi connectivity index (χ4v) is 4.68. The summed E-state index contributed by atoms with van der Waals surface area (Å²) in [5.41, 5.74) is 9.69. The Morgan fingerprint density at radius 2 is 1.93 bits per heavy atom. The number of carbonyl (C=O) groups is 2. The molecule has 0 radical (unpaired) electrons. The van der Waals surface area contributed by atoms with Gasteiger partial charge in [0.05, 0.1) is 17.4 Å². The largest absolute Gasteiger partial charge is 0.397 e. The van der Waals surface area contributed by atoms with Gasteiger partial charge in [-0.2, -0.15) is 5.10 Å². The molecule has 0 saturated carbocycles. The Balaban J connectivity index is 1.28. The number of nitrogen functional groups attached to an aromatic ring is 1. The van der Waals surface area contributed by atoms with E-state index in [1.165, 1.54) is 16.9 Å². The van der Waals surface area contributed by atoms with E-state index in [9.17, 15) is 9.59 Å². The molecule has 1 aliphatic heterocycles. The van der Waals surface area contributed by atoms with Crippen LogP contribution in [0.1, 0.15) is 39.3 Å². The summed E-state index contributed by atoms with van der Waals surface area (Å²) in [4.78, 5) is 28.0. The van der Waals surface area contributed by atoms with Crippen LogP contribution in [0.3, 0.4) is 0 Å². The van der Waals surface area contributed by atoms with Gasteiger partial charge in [0.15, 0.2) is 0 Å². The number of nitrogens with one attached hydrogen (secondary N) is 1. The van der Waals surface area contributed by atoms with Gasteiger partial charge in [0.25, 0.3) is 5.91 Å². The van der Waals surface area contributed by atoms with Gasteiger partial charge in [-0.15, -0.1) is 16.4 Å². The third-order valence-corrected chi connectivity index (χ3v) is 6.70. The number of likely N-dealkylation sites (tertiary alicyclic amines) is 1. The van der Waals surface area contributed by atoms with E-state index >= 15 is 0 Å². The lowest BCUT2D eigenvalue weighted by Crippen LogP contribution is -2.60. The Kier molecular flexibility index (Phi) is 5.67. The molecule has 156 valence electrons. The van der Waals surface area contributed by atoms with E-state index in [2.05, 4.69) is 27.6 Å². The van der Waals surface area contributed by atoms with Crippen LogP contribution in [0.5, 0.6) is 0 Å². The molecule has 1 saturated heterocycles. The quantitative estimate of drug-likeness (QED) is 0.635. The molecular formula is C22H25N5O2S. The van der Waals surface area contributed by atoms with E-state index in [1.807, 2.05) is 32.0 Å². The van der Waals surface area contributed by atoms with Crippen LogP contribution in [0.15, 0.2) is 30.3 Å². The van der Waals surface area contributed by atoms with E-state index in [0.717, 1.165) is 29.5 Å². The van der Waals surface area contributed by atoms with Crippen molar-refractivity contribution in [3.63, 3.8) is 0 Å². The number of nitrogens with zero attached hydrogens (tertiary/aromatic N) is 3. The van der Waals surface area contributed by atoms with Crippen molar-refractivity contribution in [2.24, 2.45) is 0 Å². The van der Waals surface area contributed by atoms with Crippen LogP contribution in [0.2, 0.25) is 0 Å². The second kappa shape index (κ2) is 8.39. The highest BCUT2D eigenvalue weighted by Crippen LogP contribution is 2.34. The van der Waals surface area contributed by atoms with Crippen LogP contribution in [-0.4, -0.2) is 46.0 Å². The Hall–Kier alpha value is -3.00. The summed E-state index contributed by atoms with van der Waals surface area (Å²) in [6, 6.07) is 10.1. The number of thiophene rings is 1. The SMILES string of the molecule is Cc1nnc2sc(C(=O)NC3CN(C(=O)CCCc4ccccc4)C3)c(N)c2c1C. The van der Waals surface area contributed by atoms with E-state index in [0.29, 0.717) is 34.9 Å². The Morgan fingerprint density at radius 1 is 1.20 bits per heavy atom. The second-order valence-corrected chi connectivity index (χ2v) is 8.74. The summed E-state index contributed by atoms with van der Waals surface area (Å²) in [7, 11) is 0. The predicted molar refractivity (Wildman–Crippen MR) is 119 cm³/mol. The van der Waals surface area contributed by atoms with Gasteiger partial charge in [0.2, 0.25) is 5.91 Å². The molecule has 3 N–H and O–H groups in total. The van der Waals surface area contributed by atoms with Crippen LogP contribution in [0, 0.1) is 13.8 Å². The standard InChI is InChI=1S/C22H25N5O2S/c1-13-14(2)25-26-22-18(13)19(23)20(30-22)21(29)24-16-11-27(12-16)17(28)10-6-9-15-7-4-3-5-8-15/h3-5,7-8,16H,6,9-12,23H2,1-2H3,(H,24,29). The molecule has 0 spiro atoms. The number of aromatic nitrogens is 2. The van der Waals surface area contributed by atoms with Crippen molar-refractivity contribution in [2.45, 2.75) is 39.2 Å². The minimum absolute atomic E-state index is 0.0471. The molecule has 0 bridgehead atoms. The number of hydrogen-bond donors (Lipinski definition) is 2. The highest BCUT2D eigenvalue weighted by atomic mass is 32.1. The Morgan fingerprint density at radius 3 is 2.67 bits per heavy atom. The fourth-order valence-electron chi connectivity index (χ4n) is 3.68. The minimum atomic E-state index is -0.214. The Bertz CT molecular complexity index is 1090. The molecule has 1 aromatic carbocycles. The van der Waals surface area contributed by atoms with Crippen molar-refractivity contribution < 1.29 is 9.59 Å². The van der Waals surface area contributed by atoms with Crippen molar-refractivity contribution in [2.75, 3.05) is 18.8 Å². The highest BCUT2D eigenvalue weighted by molar-refractivity contribution is 7.21. The van der Waals surface area contributed by atoms with Crippen LogP contribution >= 0.6 is 11.3 Å². The van der Waals surface area contributed by atoms with Crippen LogP contribution in [0.4, 0.5) is 5.69 Å². The van der Waals surface area contributed by atoms with Crippen molar-refractivity contribution in [1.82, 2.24) is 20.4 Å². The summed E-state index contributed by atoms with van der Waals surface area (Å²) in [5.74, 6) is -0.0760. The first kappa shape index (κ1) is 20.3. The topological polar surface area (TPSA) is 101 Å². The van der Waals surface area contributed by atoms with Crippen molar-refractivity contribution in [3.05, 3.63) is 52.0 Å². The zero-order valence-electron chi connectivity index (χ0n) is 17.1. The van der Waals surface area contributed by atoms with E-state index in [1.54, 1.807) is 4.90 Å². The first-order valence-electron chi connectivity index (χ1n) is 10.1. The molecule has 0 aliphatic carbocycles. The third kappa shape index (κ3) is 4.00. The summed E-state index contributed by atoms with van der Waals surface area (Å²) in [6.45, 7) is 4.89. The fraction of sp³-hybridized carbons (Fsp3) is 0.364. The summed E-state index contributed by atoms with van der Waals surface area (Å²) >= 11 is 1.26. The first-order chi connectivity index (χ1) is 14.4. The number of fused-ring (bicyclic) bond motifs is 1. The van der Waals surface area contributed by atoms with Crippen molar-refractivity contribution >= 4 is 39.1 Å². The van der Waals surface area contributed by atoms with Crippen LogP contribution in [0.25, 0.3) is 10.2 Å². The van der Waals surface area contributed by atoms with Gasteiger partial charge in [-0.25, -0.2) is 0 Å². The molecule has 8 heteroatoms. The van der Waals surface area contributed by atoms with Gasteiger partial charge in [-0.3, -0.25) is 9.59 Å². The molecule has 2 aromatic heterocycles. The number of benzene rings is 1. The molecular weight excluding hydrogens is 398 g/mol. The lowest BCUT2D eigenvalue weighted by molar-refractivity contribution is -0.136. The highest BCUT2D eigenvalue weighted by Gasteiger charge is 2.32. The molecule has 1 fully saturated rings. The summed E-state index contributed by atoms with van der Waals surface area (Å²) in [5, 5.41) is 12.1. The molecule has 2 amide bonds. The smallest absolute Gasteiger partial charge is 0.263 e. The maximum absolute atomic E-state index is 12.7. The predicted octanol–water partition coefficient (Wildman–Crippen LogP) is 2.85. The first-order valence-corrected chi connectivity index (χ1v) is 10.9. The van der Waals surface area contributed by atoms with Crippen LogP contribution < -0.4 is 11.1 Å². The average Bonchev–Trinajstić information content (AvgIpc) is 3.05. The number of amides is 2. The minimum Gasteiger partial charge on any atom is -0.397 e. The molecule has 0 unspecified atom stereocenters. The van der Waals surface area contributed by atoms with Gasteiger partial charge in [0, 0.05) is 24.9 Å². The number of hydrogen-bond acceptors (Lipinski definition) is 6. The van der Waals surface area contributed by atoms with Crippen LogP contribution in [-0.2, 0) is 11.2 Å². The molecule has 3 aromatic rings. The number of aryl methyl sites for hydroxylation is 3. The zero-order valence-corrected chi connectivity index (χ0v) is 18.0. The molecule has 3 heterocycles. The third-order valence-electron chi connectivity index (χ3n) is 5.61. The molecule has 7 nitrogen and oxygen atoms in total. The molecule has 1 aliphatic rings. The lowest BCUT2D eigenvalue weighted by atomic mass is 10.0. The molecule has 4 rings (SSSR count). The van der Waals surface area contributed by atoms with Crippen molar-refractivity contribution in [1.29, 1.82) is 0 Å². The number of anilines is 1. The lowest BCUT2D eigenvalue weighted by Gasteiger charge is -2.39. The van der Waals surface area contributed by atoms with E-state index in [-0.39, 0.29) is 17.9 Å². The van der Waals surface area contributed by atoms with Gasteiger partial charge >= 0.3 is 0 Å². The molecule has 30 heavy (non-hydrogen) atoms. The van der Waals surface area contributed by atoms with Gasteiger partial charge in [-0.05, 0) is 37.8 Å². The average molecular weight is 424 g/mol. The zero-order chi connectivity index (χ0) is 21.3. The van der Waals surface area contributed by atoms with E-state index < -0.39 is 0 Å². The van der Waals surface area contributed by atoms with Gasteiger partial charge in [0.1, 0.15) is 9.71 Å². The second-order valence-electron chi connectivity index (χ2n) is 7.74. The summed E-state index contributed by atoms with van der Waals surface area (Å²) < 4.78 is 0. The van der Waals surface area contributed by atoms with Gasteiger partial charge in [-0.1, -0.05) is 30.3 Å². The Labute approximate surface area is 179 Å². The summed E-state index contributed by atoms with van der Waals surface area (Å²) in [6.07, 6.45) is 2.25.